The molecule has 13 heavy (non-hydrogen) atoms. The fourth-order valence-electron chi connectivity index (χ4n) is 1.28. The lowest BCUT2D eigenvalue weighted by Gasteiger charge is -1.98. The summed E-state index contributed by atoms with van der Waals surface area (Å²) in [6.45, 7) is 0. The molecule has 0 aliphatic carbocycles. The molecule has 2 heterocycles. The quantitative estimate of drug-likeness (QED) is 0.758. The Kier molecular flexibility index (Phi) is 1.96. The third-order valence-electron chi connectivity index (χ3n) is 1.85. The van der Waals surface area contributed by atoms with Gasteiger partial charge < -0.3 is 4.98 Å². The largest absolute Gasteiger partial charge is 0.346 e. The first kappa shape index (κ1) is 8.16. The van der Waals surface area contributed by atoms with Gasteiger partial charge in [-0.25, -0.2) is 13.8 Å². The van der Waals surface area contributed by atoms with Crippen LogP contribution in [0.15, 0.2) is 24.5 Å². The van der Waals surface area contributed by atoms with Gasteiger partial charge in [0.2, 0.25) is 6.43 Å². The van der Waals surface area contributed by atoms with Crippen molar-refractivity contribution in [3.05, 3.63) is 30.1 Å². The van der Waals surface area contributed by atoms with Crippen molar-refractivity contribution < 1.29 is 8.78 Å². The molecule has 2 aromatic heterocycles. The van der Waals surface area contributed by atoms with Gasteiger partial charge in [0.25, 0.3) is 0 Å². The smallest absolute Gasteiger partial charge is 0.242 e. The minimum atomic E-state index is -2.31. The molecule has 0 unspecified atom stereocenters. The van der Waals surface area contributed by atoms with Crippen LogP contribution in [0.2, 0.25) is 0 Å². The van der Waals surface area contributed by atoms with E-state index in [0.29, 0.717) is 5.56 Å². The first-order valence-corrected chi connectivity index (χ1v) is 3.96. The third-order valence-corrected chi connectivity index (χ3v) is 1.85. The predicted molar refractivity (Wildman–Crippen MR) is 45.8 cm³/mol. The average Bonchev–Trinajstić information content (AvgIpc) is 2.49. The molecule has 0 spiro atoms. The number of nitrogens with zero attached hydrogens (tertiary/aromatic N) is 1. The molecule has 4 heteroatoms. The van der Waals surface area contributed by atoms with E-state index >= 15 is 0 Å². The van der Waals surface area contributed by atoms with Crippen molar-refractivity contribution in [1.82, 2.24) is 9.97 Å². The average molecular weight is 182 g/mol. The second-order valence-corrected chi connectivity index (χ2v) is 2.85. The van der Waals surface area contributed by atoms with E-state index in [2.05, 4.69) is 9.97 Å². The first-order chi connectivity index (χ1) is 6.25. The lowest BCUT2D eigenvalue weighted by Crippen LogP contribution is -1.96. The van der Waals surface area contributed by atoms with Gasteiger partial charge in [-0.2, -0.15) is 0 Å². The highest BCUT2D eigenvalue weighted by Gasteiger charge is 2.05. The minimum Gasteiger partial charge on any atom is -0.346 e. The highest BCUT2D eigenvalue weighted by atomic mass is 19.3. The number of hydrogen-bond donors (Lipinski definition) is 1. The normalized spacial score (nSPS) is 11.3. The van der Waals surface area contributed by atoms with Crippen molar-refractivity contribution in [2.75, 3.05) is 0 Å². The van der Waals surface area contributed by atoms with Crippen molar-refractivity contribution in [3.8, 4) is 0 Å². The van der Waals surface area contributed by atoms with E-state index in [1.165, 1.54) is 6.20 Å². The van der Waals surface area contributed by atoms with Gasteiger partial charge in [0.1, 0.15) is 5.65 Å². The molecule has 0 saturated heterocycles. The topological polar surface area (TPSA) is 28.7 Å². The second-order valence-electron chi connectivity index (χ2n) is 2.85. The van der Waals surface area contributed by atoms with Crippen molar-refractivity contribution in [2.45, 2.75) is 12.8 Å². The number of H-pyrrole nitrogens is 1. The van der Waals surface area contributed by atoms with Crippen LogP contribution in [0.25, 0.3) is 11.0 Å². The number of aromatic nitrogens is 2. The van der Waals surface area contributed by atoms with Gasteiger partial charge >= 0.3 is 0 Å². The Morgan fingerprint density at radius 2 is 2.31 bits per heavy atom. The van der Waals surface area contributed by atoms with Crippen LogP contribution in [-0.2, 0) is 6.42 Å². The van der Waals surface area contributed by atoms with Crippen LogP contribution in [0.3, 0.4) is 0 Å². The molecule has 0 saturated carbocycles. The SMILES string of the molecule is FC(F)Cc1cnc2[nH]ccc2c1. The molecule has 0 amide bonds. The summed E-state index contributed by atoms with van der Waals surface area (Å²) >= 11 is 0. The highest BCUT2D eigenvalue weighted by Crippen LogP contribution is 2.13. The molecule has 2 rings (SSSR count). The Bertz CT molecular complexity index is 409. The maximum atomic E-state index is 12.0. The molecular formula is C9H8F2N2. The van der Waals surface area contributed by atoms with Gasteiger partial charge in [0.15, 0.2) is 0 Å². The number of fused-ring (bicyclic) bond motifs is 1. The molecule has 0 atom stereocenters. The van der Waals surface area contributed by atoms with Gasteiger partial charge in [-0.05, 0) is 17.7 Å². The lowest BCUT2D eigenvalue weighted by atomic mass is 10.2. The van der Waals surface area contributed by atoms with E-state index in [9.17, 15) is 8.78 Å². The predicted octanol–water partition coefficient (Wildman–Crippen LogP) is 2.37. The first-order valence-electron chi connectivity index (χ1n) is 3.96. The molecular weight excluding hydrogens is 174 g/mol. The fourth-order valence-corrected chi connectivity index (χ4v) is 1.28. The Morgan fingerprint density at radius 1 is 1.46 bits per heavy atom. The van der Waals surface area contributed by atoms with Crippen LogP contribution in [0.4, 0.5) is 8.78 Å². The third kappa shape index (κ3) is 1.66. The summed E-state index contributed by atoms with van der Waals surface area (Å²) in [5, 5.41) is 0.873. The van der Waals surface area contributed by atoms with Crippen LogP contribution in [0.5, 0.6) is 0 Å². The Hall–Kier alpha value is -1.45. The van der Waals surface area contributed by atoms with E-state index in [1.54, 1.807) is 12.3 Å². The molecule has 0 bridgehead atoms. The molecule has 0 radical (unpaired) electrons. The fraction of sp³-hybridized carbons (Fsp3) is 0.222. The van der Waals surface area contributed by atoms with Gasteiger partial charge in [0.05, 0.1) is 0 Å². The van der Waals surface area contributed by atoms with Gasteiger partial charge in [0, 0.05) is 24.2 Å². The molecule has 2 aromatic rings. The molecule has 68 valence electrons. The summed E-state index contributed by atoms with van der Waals surface area (Å²) in [6.07, 6.45) is 0.682. The molecule has 0 aliphatic heterocycles. The number of pyridine rings is 1. The van der Waals surface area contributed by atoms with Gasteiger partial charge in [-0.15, -0.1) is 0 Å². The Morgan fingerprint density at radius 3 is 3.08 bits per heavy atom. The zero-order valence-corrected chi connectivity index (χ0v) is 6.80. The van der Waals surface area contributed by atoms with Crippen LogP contribution in [0, 0.1) is 0 Å². The van der Waals surface area contributed by atoms with Crippen molar-refractivity contribution in [2.24, 2.45) is 0 Å². The summed E-state index contributed by atoms with van der Waals surface area (Å²) < 4.78 is 24.0. The van der Waals surface area contributed by atoms with Gasteiger partial charge in [-0.1, -0.05) is 0 Å². The lowest BCUT2D eigenvalue weighted by molar-refractivity contribution is 0.149. The van der Waals surface area contributed by atoms with Crippen LogP contribution < -0.4 is 0 Å². The summed E-state index contributed by atoms with van der Waals surface area (Å²) in [5.74, 6) is 0. The maximum absolute atomic E-state index is 12.0. The van der Waals surface area contributed by atoms with Crippen LogP contribution in [-0.4, -0.2) is 16.4 Å². The number of nitrogens with one attached hydrogen (secondary N) is 1. The van der Waals surface area contributed by atoms with Gasteiger partial charge in [-0.3, -0.25) is 0 Å². The summed E-state index contributed by atoms with van der Waals surface area (Å²) in [5.41, 5.74) is 1.31. The Balaban J connectivity index is 2.37. The number of hydrogen-bond acceptors (Lipinski definition) is 1. The minimum absolute atomic E-state index is 0.228. The summed E-state index contributed by atoms with van der Waals surface area (Å²) in [6, 6.07) is 3.54. The van der Waals surface area contributed by atoms with Crippen LogP contribution >= 0.6 is 0 Å². The molecule has 2 nitrogen and oxygen atoms in total. The molecule has 0 aliphatic rings. The Labute approximate surface area is 73.6 Å². The van der Waals surface area contributed by atoms with Crippen molar-refractivity contribution in [1.29, 1.82) is 0 Å². The monoisotopic (exact) mass is 182 g/mol. The van der Waals surface area contributed by atoms with E-state index in [0.717, 1.165) is 11.0 Å². The number of aromatic amines is 1. The standard InChI is InChI=1S/C9H8F2N2/c10-8(11)4-6-3-7-1-2-12-9(7)13-5-6/h1-3,5,8H,4H2,(H,12,13). The summed E-state index contributed by atoms with van der Waals surface area (Å²) in [4.78, 5) is 6.91. The second kappa shape index (κ2) is 3.12. The number of halogens is 2. The zero-order chi connectivity index (χ0) is 9.26. The number of rotatable bonds is 2. The van der Waals surface area contributed by atoms with Crippen LogP contribution in [0.1, 0.15) is 5.56 Å². The van der Waals surface area contributed by atoms with E-state index in [4.69, 9.17) is 0 Å². The van der Waals surface area contributed by atoms with E-state index in [1.807, 2.05) is 6.07 Å². The summed E-state index contributed by atoms with van der Waals surface area (Å²) in [7, 11) is 0. The highest BCUT2D eigenvalue weighted by molar-refractivity contribution is 5.75. The molecule has 0 aromatic carbocycles. The zero-order valence-electron chi connectivity index (χ0n) is 6.80. The number of alkyl halides is 2. The van der Waals surface area contributed by atoms with Crippen molar-refractivity contribution >= 4 is 11.0 Å². The van der Waals surface area contributed by atoms with Crippen molar-refractivity contribution in [3.63, 3.8) is 0 Å². The maximum Gasteiger partial charge on any atom is 0.242 e. The van der Waals surface area contributed by atoms with E-state index < -0.39 is 6.43 Å². The molecule has 0 fully saturated rings. The van der Waals surface area contributed by atoms with E-state index in [-0.39, 0.29) is 6.42 Å². The molecule has 1 N–H and O–H groups in total.